The van der Waals surface area contributed by atoms with Crippen molar-refractivity contribution in [2.24, 2.45) is 4.99 Å². The number of aromatic nitrogens is 1. The first kappa shape index (κ1) is 24.6. The molecule has 0 spiro atoms. The molecule has 0 saturated heterocycles. The number of thiazole rings is 1. The second-order valence-electron chi connectivity index (χ2n) is 9.18. The van der Waals surface area contributed by atoms with E-state index in [9.17, 15) is 4.79 Å². The number of nitrogens with zero attached hydrogens (tertiary/aromatic N) is 2. The molecule has 6 rings (SSSR count). The molecule has 0 saturated carbocycles. The van der Waals surface area contributed by atoms with E-state index in [1.807, 2.05) is 41.0 Å². The third-order valence-electron chi connectivity index (χ3n) is 6.90. The molecule has 2 heterocycles. The molecule has 7 heteroatoms. The van der Waals surface area contributed by atoms with Crippen LogP contribution in [0.3, 0.4) is 0 Å². The van der Waals surface area contributed by atoms with Crippen LogP contribution >= 0.6 is 27.3 Å². The summed E-state index contributed by atoms with van der Waals surface area (Å²) in [4.78, 5) is 19.7. The first-order valence-corrected chi connectivity index (χ1v) is 14.0. The minimum absolute atomic E-state index is 0.0435. The molecule has 0 bridgehead atoms. The van der Waals surface area contributed by atoms with E-state index in [0.717, 1.165) is 39.7 Å². The lowest BCUT2D eigenvalue weighted by atomic mass is 9.83. The lowest BCUT2D eigenvalue weighted by Crippen LogP contribution is -2.38. The molecular weight excluding hydrogens is 560 g/mol. The highest BCUT2D eigenvalue weighted by molar-refractivity contribution is 9.10. The Morgan fingerprint density at radius 1 is 1.11 bits per heavy atom. The Morgan fingerprint density at radius 3 is 2.71 bits per heavy atom. The van der Waals surface area contributed by atoms with Crippen LogP contribution < -0.4 is 24.4 Å². The normalized spacial score (nSPS) is 16.3. The second kappa shape index (κ2) is 10.2. The van der Waals surface area contributed by atoms with Crippen LogP contribution in [-0.4, -0.2) is 18.3 Å². The number of fused-ring (bicyclic) bond motifs is 3. The fourth-order valence-corrected chi connectivity index (χ4v) is 6.43. The van der Waals surface area contributed by atoms with Gasteiger partial charge in [-0.15, -0.1) is 0 Å². The van der Waals surface area contributed by atoms with Gasteiger partial charge in [-0.1, -0.05) is 82.4 Å². The fourth-order valence-electron chi connectivity index (χ4n) is 5.16. The Morgan fingerprint density at radius 2 is 1.92 bits per heavy atom. The summed E-state index contributed by atoms with van der Waals surface area (Å²) in [6.45, 7) is 4.08. The van der Waals surface area contributed by atoms with Gasteiger partial charge >= 0.3 is 0 Å². The first-order chi connectivity index (χ1) is 18.6. The summed E-state index contributed by atoms with van der Waals surface area (Å²) in [5.41, 5.74) is 6.54. The van der Waals surface area contributed by atoms with E-state index in [-0.39, 0.29) is 11.6 Å². The summed E-state index contributed by atoms with van der Waals surface area (Å²) in [5, 5.41) is 0. The molecule has 190 valence electrons. The summed E-state index contributed by atoms with van der Waals surface area (Å²) in [7, 11) is 1.61. The van der Waals surface area contributed by atoms with Gasteiger partial charge < -0.3 is 9.47 Å². The van der Waals surface area contributed by atoms with Crippen LogP contribution in [0.4, 0.5) is 0 Å². The Bertz CT molecular complexity index is 1770. The molecule has 0 N–H and O–H groups in total. The molecule has 4 aromatic rings. The quantitative estimate of drug-likeness (QED) is 0.275. The highest BCUT2D eigenvalue weighted by Gasteiger charge is 2.32. The highest BCUT2D eigenvalue weighted by Crippen LogP contribution is 2.41. The van der Waals surface area contributed by atoms with Crippen molar-refractivity contribution in [1.29, 1.82) is 0 Å². The number of allylic oxidation sites excluding steroid dienone is 1. The van der Waals surface area contributed by atoms with E-state index in [0.29, 0.717) is 27.4 Å². The summed E-state index contributed by atoms with van der Waals surface area (Å²) in [6.07, 6.45) is 5.39. The van der Waals surface area contributed by atoms with Crippen LogP contribution in [0.15, 0.2) is 99.2 Å². The van der Waals surface area contributed by atoms with Gasteiger partial charge in [-0.25, -0.2) is 4.99 Å². The number of benzene rings is 3. The highest BCUT2D eigenvalue weighted by atomic mass is 79.9. The van der Waals surface area contributed by atoms with Crippen LogP contribution in [0.2, 0.25) is 0 Å². The van der Waals surface area contributed by atoms with Crippen LogP contribution in [0, 0.1) is 0 Å². The van der Waals surface area contributed by atoms with Crippen molar-refractivity contribution in [1.82, 2.24) is 4.57 Å². The van der Waals surface area contributed by atoms with E-state index in [4.69, 9.17) is 14.5 Å². The lowest BCUT2D eigenvalue weighted by Gasteiger charge is -2.30. The molecule has 1 atom stereocenters. The van der Waals surface area contributed by atoms with E-state index in [2.05, 4.69) is 58.9 Å². The molecule has 38 heavy (non-hydrogen) atoms. The molecule has 1 aliphatic carbocycles. The van der Waals surface area contributed by atoms with Gasteiger partial charge in [0.15, 0.2) is 16.3 Å². The molecule has 3 aromatic carbocycles. The lowest BCUT2D eigenvalue weighted by molar-refractivity contribution is 0.326. The fraction of sp³-hybridized carbons (Fsp3) is 0.161. The van der Waals surface area contributed by atoms with Crippen molar-refractivity contribution in [3.8, 4) is 11.5 Å². The SMILES string of the molecule is C=CCOc1ccc(/C=c2/sc3n(c2=O)[C@@H](c2ccc(Br)cc2)C2=C(N=3)c3ccccc3CC2)cc1OC. The molecule has 0 unspecified atom stereocenters. The maximum Gasteiger partial charge on any atom is 0.271 e. The predicted molar refractivity (Wildman–Crippen MR) is 156 cm³/mol. The van der Waals surface area contributed by atoms with Crippen LogP contribution in [0.5, 0.6) is 11.5 Å². The van der Waals surface area contributed by atoms with Gasteiger partial charge in [0.05, 0.1) is 23.4 Å². The zero-order valence-electron chi connectivity index (χ0n) is 20.8. The van der Waals surface area contributed by atoms with Gasteiger partial charge in [-0.05, 0) is 65.4 Å². The van der Waals surface area contributed by atoms with Crippen LogP contribution in [0.1, 0.15) is 34.7 Å². The predicted octanol–water partition coefficient (Wildman–Crippen LogP) is 5.65. The van der Waals surface area contributed by atoms with Crippen molar-refractivity contribution in [2.45, 2.75) is 18.9 Å². The Labute approximate surface area is 232 Å². The molecule has 0 fully saturated rings. The van der Waals surface area contributed by atoms with Gasteiger partial charge in [0.25, 0.3) is 5.56 Å². The average molecular weight is 586 g/mol. The standard InChI is InChI=1S/C31H25BrN2O3S/c1-3-16-37-25-15-8-19(17-26(25)36-2)18-27-30(35)34-29(21-9-12-22(32)13-10-21)24-14-11-20-6-4-5-7-23(20)28(24)33-31(34)38-27/h3-10,12-13,15,17-18,29H,1,11,14,16H2,2H3/b27-18+/t29-/m0/s1. The van der Waals surface area contributed by atoms with Crippen molar-refractivity contribution >= 4 is 39.0 Å². The molecule has 1 aliphatic heterocycles. The molecule has 5 nitrogen and oxygen atoms in total. The molecule has 0 amide bonds. The Kier molecular flexibility index (Phi) is 6.64. The van der Waals surface area contributed by atoms with E-state index in [1.54, 1.807) is 13.2 Å². The van der Waals surface area contributed by atoms with E-state index >= 15 is 0 Å². The van der Waals surface area contributed by atoms with Crippen LogP contribution in [-0.2, 0) is 6.42 Å². The summed E-state index contributed by atoms with van der Waals surface area (Å²) in [5.74, 6) is 1.24. The van der Waals surface area contributed by atoms with Crippen molar-refractivity contribution in [2.75, 3.05) is 13.7 Å². The van der Waals surface area contributed by atoms with Gasteiger partial charge in [0.2, 0.25) is 0 Å². The zero-order valence-corrected chi connectivity index (χ0v) is 23.2. The van der Waals surface area contributed by atoms with Gasteiger partial charge in [0, 0.05) is 10.0 Å². The smallest absolute Gasteiger partial charge is 0.271 e. The number of hydrogen-bond acceptors (Lipinski definition) is 5. The van der Waals surface area contributed by atoms with Gasteiger partial charge in [0.1, 0.15) is 6.61 Å². The third-order valence-corrected chi connectivity index (χ3v) is 8.41. The Balaban J connectivity index is 1.53. The second-order valence-corrected chi connectivity index (χ2v) is 11.1. The summed E-state index contributed by atoms with van der Waals surface area (Å²) in [6, 6.07) is 22.2. The minimum Gasteiger partial charge on any atom is -0.493 e. The number of aryl methyl sites for hydroxylation is 1. The number of ether oxygens (including phenoxy) is 2. The summed E-state index contributed by atoms with van der Waals surface area (Å²) < 4.78 is 14.7. The minimum atomic E-state index is -0.200. The van der Waals surface area contributed by atoms with Gasteiger partial charge in [-0.3, -0.25) is 9.36 Å². The van der Waals surface area contributed by atoms with E-state index < -0.39 is 0 Å². The van der Waals surface area contributed by atoms with Crippen molar-refractivity contribution < 1.29 is 9.47 Å². The van der Waals surface area contributed by atoms with Crippen LogP contribution in [0.25, 0.3) is 11.8 Å². The summed E-state index contributed by atoms with van der Waals surface area (Å²) >= 11 is 4.97. The van der Waals surface area contributed by atoms with Crippen molar-refractivity contribution in [3.63, 3.8) is 0 Å². The Hall–Kier alpha value is -3.68. The topological polar surface area (TPSA) is 52.8 Å². The number of methoxy groups -OCH3 is 1. The molecular formula is C31H25BrN2O3S. The number of hydrogen-bond donors (Lipinski definition) is 0. The first-order valence-electron chi connectivity index (χ1n) is 12.4. The molecule has 0 radical (unpaired) electrons. The third kappa shape index (κ3) is 4.36. The van der Waals surface area contributed by atoms with Crippen molar-refractivity contribution in [3.05, 3.63) is 131 Å². The largest absolute Gasteiger partial charge is 0.493 e. The molecule has 2 aliphatic rings. The molecule has 1 aromatic heterocycles. The van der Waals surface area contributed by atoms with Gasteiger partial charge in [-0.2, -0.15) is 0 Å². The van der Waals surface area contributed by atoms with E-state index in [1.165, 1.54) is 22.5 Å². The average Bonchev–Trinajstić information content (AvgIpc) is 3.25. The monoisotopic (exact) mass is 584 g/mol. The maximum atomic E-state index is 13.9. The zero-order chi connectivity index (χ0) is 26.2. The maximum absolute atomic E-state index is 13.9. The number of rotatable bonds is 6. The number of halogens is 1.